The van der Waals surface area contributed by atoms with E-state index in [0.717, 1.165) is 17.8 Å². The molecule has 0 atom stereocenters. The van der Waals surface area contributed by atoms with Gasteiger partial charge in [0.15, 0.2) is 0 Å². The zero-order valence-corrected chi connectivity index (χ0v) is 12.0. The van der Waals surface area contributed by atoms with E-state index in [9.17, 15) is 13.2 Å². The maximum absolute atomic E-state index is 12.2. The molecule has 2 rings (SSSR count). The number of aromatic amines is 1. The number of aromatic carboxylic acids is 1. The van der Waals surface area contributed by atoms with Gasteiger partial charge in [0.25, 0.3) is 10.0 Å². The molecule has 8 heteroatoms. The molecule has 0 bridgehead atoms. The van der Waals surface area contributed by atoms with E-state index in [4.69, 9.17) is 9.84 Å². The van der Waals surface area contributed by atoms with E-state index < -0.39 is 16.0 Å². The summed E-state index contributed by atoms with van der Waals surface area (Å²) in [4.78, 5) is 13.0. The van der Waals surface area contributed by atoms with Crippen molar-refractivity contribution in [3.05, 3.63) is 47.8 Å². The second-order valence-corrected chi connectivity index (χ2v) is 5.98. The molecule has 0 spiro atoms. The lowest BCUT2D eigenvalue weighted by Crippen LogP contribution is -2.12. The molecule has 0 saturated carbocycles. The van der Waals surface area contributed by atoms with Crippen molar-refractivity contribution in [1.29, 1.82) is 0 Å². The first-order chi connectivity index (χ1) is 9.92. The molecule has 0 aliphatic heterocycles. The molecule has 0 saturated heterocycles. The number of ether oxygens (including phenoxy) is 1. The minimum atomic E-state index is -3.84. The van der Waals surface area contributed by atoms with Gasteiger partial charge in [-0.3, -0.25) is 4.72 Å². The number of anilines is 1. The predicted molar refractivity (Wildman–Crippen MR) is 75.7 cm³/mol. The second-order valence-electron chi connectivity index (χ2n) is 4.29. The number of carboxylic acid groups (broad SMARTS) is 1. The van der Waals surface area contributed by atoms with Crippen LogP contribution in [0.25, 0.3) is 0 Å². The maximum Gasteiger partial charge on any atom is 0.352 e. The number of methoxy groups -OCH3 is 1. The lowest BCUT2D eigenvalue weighted by molar-refractivity contribution is 0.0691. The van der Waals surface area contributed by atoms with Gasteiger partial charge in [0.2, 0.25) is 0 Å². The first-order valence-electron chi connectivity index (χ1n) is 5.95. The second kappa shape index (κ2) is 5.98. The standard InChI is InChI=1S/C13H14N2O5S/c1-20-8-9-3-2-4-10(5-9)15-21(18,19)11-6-12(13(16)17)14-7-11/h2-7,14-15H,8H2,1H3,(H,16,17). The maximum atomic E-state index is 12.2. The molecule has 0 radical (unpaired) electrons. The van der Waals surface area contributed by atoms with Crippen LogP contribution in [0.1, 0.15) is 16.1 Å². The summed E-state index contributed by atoms with van der Waals surface area (Å²) in [5.74, 6) is -1.22. The van der Waals surface area contributed by atoms with Crippen molar-refractivity contribution in [1.82, 2.24) is 4.98 Å². The summed E-state index contributed by atoms with van der Waals surface area (Å²) < 4.78 is 31.7. The SMILES string of the molecule is COCc1cccc(NS(=O)(=O)c2c[nH]c(C(=O)O)c2)c1. The number of aromatic nitrogens is 1. The van der Waals surface area contributed by atoms with Crippen LogP contribution < -0.4 is 4.72 Å². The Morgan fingerprint density at radius 2 is 2.14 bits per heavy atom. The molecular formula is C13H14N2O5S. The molecule has 21 heavy (non-hydrogen) atoms. The Kier molecular flexibility index (Phi) is 4.29. The molecule has 1 aromatic heterocycles. The molecule has 0 unspecified atom stereocenters. The van der Waals surface area contributed by atoms with Crippen LogP contribution in [0.15, 0.2) is 41.4 Å². The molecule has 0 aliphatic carbocycles. The van der Waals surface area contributed by atoms with Gasteiger partial charge >= 0.3 is 5.97 Å². The molecule has 2 aromatic rings. The number of sulfonamides is 1. The third-order valence-electron chi connectivity index (χ3n) is 2.69. The number of hydrogen-bond acceptors (Lipinski definition) is 4. The molecule has 0 fully saturated rings. The van der Waals surface area contributed by atoms with Crippen LogP contribution in [-0.2, 0) is 21.4 Å². The Hall–Kier alpha value is -2.32. The summed E-state index contributed by atoms with van der Waals surface area (Å²) in [5, 5.41) is 8.79. The predicted octanol–water partition coefficient (Wildman–Crippen LogP) is 1.66. The molecule has 1 heterocycles. The minimum absolute atomic E-state index is 0.142. The van der Waals surface area contributed by atoms with Gasteiger partial charge in [-0.15, -0.1) is 0 Å². The summed E-state index contributed by atoms with van der Waals surface area (Å²) in [5.41, 5.74) is 1.00. The van der Waals surface area contributed by atoms with E-state index in [2.05, 4.69) is 9.71 Å². The molecule has 0 amide bonds. The number of carboxylic acids is 1. The van der Waals surface area contributed by atoms with Crippen LogP contribution in [0.5, 0.6) is 0 Å². The van der Waals surface area contributed by atoms with Crippen LogP contribution >= 0.6 is 0 Å². The van der Waals surface area contributed by atoms with Crippen LogP contribution in [0.4, 0.5) is 5.69 Å². The molecule has 112 valence electrons. The third kappa shape index (κ3) is 3.61. The first-order valence-corrected chi connectivity index (χ1v) is 7.43. The molecule has 3 N–H and O–H groups in total. The monoisotopic (exact) mass is 310 g/mol. The molecular weight excluding hydrogens is 296 g/mol. The number of rotatable bonds is 6. The van der Waals surface area contributed by atoms with Crippen molar-refractivity contribution in [2.45, 2.75) is 11.5 Å². The lowest BCUT2D eigenvalue weighted by Gasteiger charge is -2.08. The van der Waals surface area contributed by atoms with Crippen molar-refractivity contribution in [2.24, 2.45) is 0 Å². The number of nitrogens with one attached hydrogen (secondary N) is 2. The largest absolute Gasteiger partial charge is 0.477 e. The third-order valence-corrected chi connectivity index (χ3v) is 4.05. The summed E-state index contributed by atoms with van der Waals surface area (Å²) in [6, 6.07) is 7.81. The number of benzene rings is 1. The van der Waals surface area contributed by atoms with Crippen molar-refractivity contribution in [3.8, 4) is 0 Å². The quantitative estimate of drug-likeness (QED) is 0.752. The molecule has 1 aromatic carbocycles. The van der Waals surface area contributed by atoms with Crippen molar-refractivity contribution >= 4 is 21.7 Å². The van der Waals surface area contributed by atoms with Crippen molar-refractivity contribution in [3.63, 3.8) is 0 Å². The van der Waals surface area contributed by atoms with Crippen molar-refractivity contribution < 1.29 is 23.1 Å². The number of hydrogen-bond donors (Lipinski definition) is 3. The fraction of sp³-hybridized carbons (Fsp3) is 0.154. The summed E-state index contributed by atoms with van der Waals surface area (Å²) in [6.07, 6.45) is 1.13. The van der Waals surface area contributed by atoms with Gasteiger partial charge in [-0.05, 0) is 23.8 Å². The Balaban J connectivity index is 2.24. The highest BCUT2D eigenvalue weighted by atomic mass is 32.2. The molecule has 7 nitrogen and oxygen atoms in total. The van der Waals surface area contributed by atoms with E-state index in [1.54, 1.807) is 31.4 Å². The van der Waals surface area contributed by atoms with Crippen LogP contribution in [0.3, 0.4) is 0 Å². The van der Waals surface area contributed by atoms with E-state index in [0.29, 0.717) is 12.3 Å². The van der Waals surface area contributed by atoms with E-state index in [-0.39, 0.29) is 10.6 Å². The van der Waals surface area contributed by atoms with Crippen molar-refractivity contribution in [2.75, 3.05) is 11.8 Å². The molecule has 0 aliphatic rings. The van der Waals surface area contributed by atoms with Gasteiger partial charge in [0.1, 0.15) is 10.6 Å². The lowest BCUT2D eigenvalue weighted by atomic mass is 10.2. The van der Waals surface area contributed by atoms with Gasteiger partial charge < -0.3 is 14.8 Å². The summed E-state index contributed by atoms with van der Waals surface area (Å²) in [7, 11) is -2.30. The highest BCUT2D eigenvalue weighted by Crippen LogP contribution is 2.18. The van der Waals surface area contributed by atoms with E-state index in [1.165, 1.54) is 0 Å². The average Bonchev–Trinajstić information content (AvgIpc) is 2.89. The highest BCUT2D eigenvalue weighted by Gasteiger charge is 2.18. The van der Waals surface area contributed by atoms with Gasteiger partial charge in [0, 0.05) is 19.0 Å². The minimum Gasteiger partial charge on any atom is -0.477 e. The number of carbonyl (C=O) groups is 1. The van der Waals surface area contributed by atoms with Gasteiger partial charge in [-0.1, -0.05) is 12.1 Å². The fourth-order valence-corrected chi connectivity index (χ4v) is 2.80. The smallest absolute Gasteiger partial charge is 0.352 e. The van der Waals surface area contributed by atoms with Gasteiger partial charge in [-0.25, -0.2) is 13.2 Å². The zero-order chi connectivity index (χ0) is 15.5. The summed E-state index contributed by atoms with van der Waals surface area (Å²) >= 11 is 0. The van der Waals surface area contributed by atoms with E-state index in [1.807, 2.05) is 0 Å². The average molecular weight is 310 g/mol. The van der Waals surface area contributed by atoms with Crippen LogP contribution in [0, 0.1) is 0 Å². The Labute approximate surface area is 121 Å². The fourth-order valence-electron chi connectivity index (χ4n) is 1.76. The van der Waals surface area contributed by atoms with E-state index >= 15 is 0 Å². The normalized spacial score (nSPS) is 11.3. The highest BCUT2D eigenvalue weighted by molar-refractivity contribution is 7.92. The Morgan fingerprint density at radius 1 is 1.38 bits per heavy atom. The number of H-pyrrole nitrogens is 1. The first kappa shape index (κ1) is 15.1. The topological polar surface area (TPSA) is 108 Å². The van der Waals surface area contributed by atoms with Gasteiger partial charge in [0.05, 0.1) is 6.61 Å². The van der Waals surface area contributed by atoms with Gasteiger partial charge in [-0.2, -0.15) is 0 Å². The zero-order valence-electron chi connectivity index (χ0n) is 11.2. The summed E-state index contributed by atoms with van der Waals surface area (Å²) in [6.45, 7) is 0.364. The van der Waals surface area contributed by atoms with Crippen LogP contribution in [-0.4, -0.2) is 31.6 Å². The van der Waals surface area contributed by atoms with Crippen LogP contribution in [0.2, 0.25) is 0 Å². The Bertz CT molecular complexity index is 751. The Morgan fingerprint density at radius 3 is 2.76 bits per heavy atom.